The molecule has 128 valence electrons. The summed E-state index contributed by atoms with van der Waals surface area (Å²) in [6, 6.07) is 9.56. The van der Waals surface area contributed by atoms with Crippen molar-refractivity contribution >= 4 is 41.4 Å². The molecule has 1 aromatic heterocycles. The van der Waals surface area contributed by atoms with E-state index in [1.165, 1.54) is 13.2 Å². The minimum atomic E-state index is -0.615. The highest BCUT2D eigenvalue weighted by Crippen LogP contribution is 2.22. The summed E-state index contributed by atoms with van der Waals surface area (Å²) in [5.74, 6) is -0.448. The second-order valence-corrected chi connectivity index (χ2v) is 5.98. The first-order chi connectivity index (χ1) is 12.0. The average molecular weight is 377 g/mol. The molecule has 2 amide bonds. The zero-order chi connectivity index (χ0) is 18.4. The minimum absolute atomic E-state index is 0.0619. The van der Waals surface area contributed by atoms with Crippen molar-refractivity contribution in [2.24, 2.45) is 0 Å². The van der Waals surface area contributed by atoms with Crippen LogP contribution in [0.15, 0.2) is 35.2 Å². The molecule has 0 saturated carbocycles. The quantitative estimate of drug-likeness (QED) is 0.480. The van der Waals surface area contributed by atoms with E-state index < -0.39 is 12.0 Å². The van der Waals surface area contributed by atoms with E-state index in [2.05, 4.69) is 15.0 Å². The Balaban J connectivity index is 2.11. The highest BCUT2D eigenvalue weighted by molar-refractivity contribution is 7.98. The minimum Gasteiger partial charge on any atom is -0.465 e. The summed E-state index contributed by atoms with van der Waals surface area (Å²) in [7, 11) is 1.28. The van der Waals surface area contributed by atoms with Gasteiger partial charge in [-0.25, -0.2) is 14.6 Å². The number of anilines is 1. The molecule has 2 N–H and O–H groups in total. The van der Waals surface area contributed by atoms with Crippen molar-refractivity contribution in [1.29, 1.82) is 5.26 Å². The largest absolute Gasteiger partial charge is 0.465 e. The summed E-state index contributed by atoms with van der Waals surface area (Å²) in [6.45, 7) is 1.69. The van der Waals surface area contributed by atoms with Crippen LogP contribution in [0.25, 0.3) is 0 Å². The Bertz CT molecular complexity index is 867. The topological polar surface area (TPSA) is 104 Å². The number of urea groups is 1. The highest BCUT2D eigenvalue weighted by Gasteiger charge is 2.15. The normalized spacial score (nSPS) is 9.84. The molecule has 25 heavy (non-hydrogen) atoms. The molecule has 0 fully saturated rings. The summed E-state index contributed by atoms with van der Waals surface area (Å²) < 4.78 is 7.22. The summed E-state index contributed by atoms with van der Waals surface area (Å²) in [4.78, 5) is 28.2. The first-order valence-electron chi connectivity index (χ1n) is 6.94. The van der Waals surface area contributed by atoms with Crippen LogP contribution in [0, 0.1) is 18.3 Å². The van der Waals surface area contributed by atoms with Crippen molar-refractivity contribution in [1.82, 2.24) is 9.71 Å². The van der Waals surface area contributed by atoms with Gasteiger partial charge in [0.2, 0.25) is 0 Å². The number of hydrogen-bond donors (Lipinski definition) is 2. The zero-order valence-electron chi connectivity index (χ0n) is 13.3. The van der Waals surface area contributed by atoms with Crippen molar-refractivity contribution < 1.29 is 14.3 Å². The number of benzene rings is 1. The average Bonchev–Trinajstić information content (AvgIpc) is 2.59. The van der Waals surface area contributed by atoms with E-state index in [9.17, 15) is 14.9 Å². The number of halogens is 1. The lowest BCUT2D eigenvalue weighted by Crippen LogP contribution is -2.24. The number of nitriles is 1. The molecule has 1 heterocycles. The molecule has 7 nitrogen and oxygen atoms in total. The Labute approximate surface area is 153 Å². The van der Waals surface area contributed by atoms with E-state index in [1.54, 1.807) is 31.2 Å². The van der Waals surface area contributed by atoms with Crippen molar-refractivity contribution in [3.63, 3.8) is 0 Å². The highest BCUT2D eigenvalue weighted by atomic mass is 35.5. The molecule has 9 heteroatoms. The van der Waals surface area contributed by atoms with Crippen LogP contribution in [0.3, 0.4) is 0 Å². The molecule has 2 rings (SSSR count). The summed E-state index contributed by atoms with van der Waals surface area (Å²) in [5, 5.41) is 11.8. The van der Waals surface area contributed by atoms with Gasteiger partial charge in [-0.3, -0.25) is 10.0 Å². The summed E-state index contributed by atoms with van der Waals surface area (Å²) >= 11 is 6.79. The molecule has 0 bridgehead atoms. The van der Waals surface area contributed by atoms with Gasteiger partial charge < -0.3 is 4.74 Å². The van der Waals surface area contributed by atoms with Crippen LogP contribution in [0.4, 0.5) is 10.6 Å². The van der Waals surface area contributed by atoms with Gasteiger partial charge >= 0.3 is 12.0 Å². The molecule has 0 aliphatic carbocycles. The van der Waals surface area contributed by atoms with E-state index in [0.717, 1.165) is 11.9 Å². The van der Waals surface area contributed by atoms with Gasteiger partial charge in [-0.1, -0.05) is 23.7 Å². The van der Waals surface area contributed by atoms with Gasteiger partial charge in [-0.05, 0) is 42.6 Å². The molecular weight excluding hydrogens is 364 g/mol. The smallest absolute Gasteiger partial charge is 0.339 e. The van der Waals surface area contributed by atoms with E-state index in [1.807, 2.05) is 6.07 Å². The summed E-state index contributed by atoms with van der Waals surface area (Å²) in [5.41, 5.74) is 1.14. The molecule has 0 saturated heterocycles. The molecule has 0 spiro atoms. The molecule has 0 unspecified atom stereocenters. The van der Waals surface area contributed by atoms with E-state index in [-0.39, 0.29) is 16.5 Å². The third-order valence-electron chi connectivity index (χ3n) is 3.08. The molecule has 1 aromatic carbocycles. The van der Waals surface area contributed by atoms with Crippen LogP contribution in [0.1, 0.15) is 21.5 Å². The van der Waals surface area contributed by atoms with Crippen LogP contribution in [-0.2, 0) is 4.74 Å². The Hall–Kier alpha value is -2.76. The van der Waals surface area contributed by atoms with Gasteiger partial charge in [-0.15, -0.1) is 0 Å². The SMILES string of the molecule is COC(=O)c1ccccc1SNC(=O)Nc1nc(Cl)cc(C)c1C#N. The van der Waals surface area contributed by atoms with E-state index in [0.29, 0.717) is 16.0 Å². The number of carbonyl (C=O) groups excluding carboxylic acids is 2. The molecule has 2 aromatic rings. The van der Waals surface area contributed by atoms with Crippen molar-refractivity contribution in [3.8, 4) is 6.07 Å². The number of nitrogens with zero attached hydrogens (tertiary/aromatic N) is 2. The number of nitrogens with one attached hydrogen (secondary N) is 2. The summed E-state index contributed by atoms with van der Waals surface area (Å²) in [6.07, 6.45) is 0. The molecular formula is C16H13ClN4O3S. The number of ether oxygens (including phenoxy) is 1. The molecule has 0 aliphatic rings. The van der Waals surface area contributed by atoms with Gasteiger partial charge in [0.15, 0.2) is 5.82 Å². The van der Waals surface area contributed by atoms with E-state index in [4.69, 9.17) is 16.3 Å². The number of carbonyl (C=O) groups is 2. The number of aryl methyl sites for hydroxylation is 1. The third kappa shape index (κ3) is 4.62. The number of pyridine rings is 1. The maximum Gasteiger partial charge on any atom is 0.339 e. The lowest BCUT2D eigenvalue weighted by molar-refractivity contribution is 0.0596. The van der Waals surface area contributed by atoms with E-state index >= 15 is 0 Å². The molecule has 0 atom stereocenters. The lowest BCUT2D eigenvalue weighted by Gasteiger charge is -2.10. The number of hydrogen-bond acceptors (Lipinski definition) is 6. The molecule has 0 radical (unpaired) electrons. The van der Waals surface area contributed by atoms with Gasteiger partial charge in [0, 0.05) is 4.90 Å². The first kappa shape index (κ1) is 18.6. The zero-order valence-corrected chi connectivity index (χ0v) is 14.9. The maximum absolute atomic E-state index is 12.1. The van der Waals surface area contributed by atoms with Crippen LogP contribution in [-0.4, -0.2) is 24.1 Å². The van der Waals surface area contributed by atoms with Crippen LogP contribution >= 0.6 is 23.5 Å². The second-order valence-electron chi connectivity index (χ2n) is 4.74. The van der Waals surface area contributed by atoms with Crippen LogP contribution in [0.2, 0.25) is 5.15 Å². The number of esters is 1. The van der Waals surface area contributed by atoms with Crippen LogP contribution in [0.5, 0.6) is 0 Å². The monoisotopic (exact) mass is 376 g/mol. The van der Waals surface area contributed by atoms with Crippen molar-refractivity contribution in [2.75, 3.05) is 12.4 Å². The van der Waals surface area contributed by atoms with Gasteiger partial charge in [0.1, 0.15) is 11.2 Å². The standard InChI is InChI=1S/C16H13ClN4O3S/c1-9-7-13(17)19-14(11(9)8-18)20-16(23)21-25-12-6-4-3-5-10(12)15(22)24-2/h3-7H,1-2H3,(H2,19,20,21,23). The fourth-order valence-electron chi connectivity index (χ4n) is 1.93. The van der Waals surface area contributed by atoms with Gasteiger partial charge in [0.25, 0.3) is 0 Å². The number of methoxy groups -OCH3 is 1. The van der Waals surface area contributed by atoms with Crippen LogP contribution < -0.4 is 10.0 Å². The van der Waals surface area contributed by atoms with Crippen molar-refractivity contribution in [2.45, 2.75) is 11.8 Å². The molecule has 0 aliphatic heterocycles. The first-order valence-corrected chi connectivity index (χ1v) is 8.14. The second kappa shape index (κ2) is 8.37. The predicted molar refractivity (Wildman–Crippen MR) is 94.5 cm³/mol. The third-order valence-corrected chi connectivity index (χ3v) is 4.13. The Morgan fingerprint density at radius 2 is 2.08 bits per heavy atom. The number of rotatable bonds is 4. The predicted octanol–water partition coefficient (Wildman–Crippen LogP) is 3.53. The number of aromatic nitrogens is 1. The maximum atomic E-state index is 12.1. The van der Waals surface area contributed by atoms with Gasteiger partial charge in [-0.2, -0.15) is 5.26 Å². The Morgan fingerprint density at radius 1 is 1.36 bits per heavy atom. The van der Waals surface area contributed by atoms with Gasteiger partial charge in [0.05, 0.1) is 18.2 Å². The fourth-order valence-corrected chi connectivity index (χ4v) is 2.84. The van der Waals surface area contributed by atoms with Crippen molar-refractivity contribution in [3.05, 3.63) is 52.2 Å². The number of amides is 2. The Kier molecular flexibility index (Phi) is 6.22. The Morgan fingerprint density at radius 3 is 2.76 bits per heavy atom. The fraction of sp³-hybridized carbons (Fsp3) is 0.125. The lowest BCUT2D eigenvalue weighted by atomic mass is 10.1.